The highest BCUT2D eigenvalue weighted by Gasteiger charge is 2.32. The van der Waals surface area contributed by atoms with E-state index in [4.69, 9.17) is 5.11 Å². The number of carbonyl (C=O) groups is 1. The van der Waals surface area contributed by atoms with Crippen molar-refractivity contribution in [3.8, 4) is 11.8 Å². The highest BCUT2D eigenvalue weighted by molar-refractivity contribution is 7.14. The first-order valence-electron chi connectivity index (χ1n) is 7.57. The number of rotatable bonds is 3. The molecule has 0 spiro atoms. The van der Waals surface area contributed by atoms with E-state index in [2.05, 4.69) is 31.0 Å². The third-order valence-electron chi connectivity index (χ3n) is 4.49. The predicted molar refractivity (Wildman–Crippen MR) is 86.5 cm³/mol. The second kappa shape index (κ2) is 7.11. The fourth-order valence-electron chi connectivity index (χ4n) is 3.10. The molecule has 3 unspecified atom stereocenters. The van der Waals surface area contributed by atoms with Crippen LogP contribution in [0.25, 0.3) is 0 Å². The number of nitrogens with one attached hydrogen (secondary N) is 1. The van der Waals surface area contributed by atoms with E-state index < -0.39 is 0 Å². The lowest BCUT2D eigenvalue weighted by atomic mass is 9.93. The highest BCUT2D eigenvalue weighted by Crippen LogP contribution is 2.34. The van der Waals surface area contributed by atoms with Gasteiger partial charge >= 0.3 is 0 Å². The third-order valence-corrected chi connectivity index (χ3v) is 5.64. The monoisotopic (exact) mass is 305 g/mol. The number of thiophene rings is 1. The van der Waals surface area contributed by atoms with Gasteiger partial charge in [-0.1, -0.05) is 32.1 Å². The molecule has 1 fully saturated rings. The van der Waals surface area contributed by atoms with Gasteiger partial charge < -0.3 is 10.4 Å². The minimum atomic E-state index is -0.156. The Bertz CT molecular complexity index is 567. The molecule has 1 aliphatic rings. The Morgan fingerprint density at radius 1 is 1.52 bits per heavy atom. The van der Waals surface area contributed by atoms with Gasteiger partial charge in [0.1, 0.15) is 6.61 Å². The van der Waals surface area contributed by atoms with Crippen LogP contribution in [0.1, 0.15) is 53.2 Å². The van der Waals surface area contributed by atoms with Gasteiger partial charge in [-0.15, -0.1) is 11.3 Å². The van der Waals surface area contributed by atoms with Crippen molar-refractivity contribution >= 4 is 17.2 Å². The van der Waals surface area contributed by atoms with E-state index in [9.17, 15) is 4.79 Å². The van der Waals surface area contributed by atoms with E-state index in [0.717, 1.165) is 22.8 Å². The summed E-state index contributed by atoms with van der Waals surface area (Å²) in [6.45, 7) is 6.25. The van der Waals surface area contributed by atoms with Crippen LogP contribution >= 0.6 is 11.3 Å². The molecule has 0 bridgehead atoms. The largest absolute Gasteiger partial charge is 0.384 e. The Kier molecular flexibility index (Phi) is 5.44. The SMILES string of the molecule is CCC1CCC(NC(=O)c2cc(C)c(C#CCO)s2)C1C. The van der Waals surface area contributed by atoms with Gasteiger partial charge in [0.2, 0.25) is 0 Å². The smallest absolute Gasteiger partial charge is 0.261 e. The second-order valence-electron chi connectivity index (χ2n) is 5.77. The van der Waals surface area contributed by atoms with E-state index >= 15 is 0 Å². The Morgan fingerprint density at radius 2 is 2.29 bits per heavy atom. The summed E-state index contributed by atoms with van der Waals surface area (Å²) in [7, 11) is 0. The van der Waals surface area contributed by atoms with Crippen LogP contribution in [0.15, 0.2) is 6.07 Å². The molecular weight excluding hydrogens is 282 g/mol. The number of aliphatic hydroxyl groups is 1. The Hall–Kier alpha value is -1.31. The molecule has 4 heteroatoms. The summed E-state index contributed by atoms with van der Waals surface area (Å²) in [4.78, 5) is 14.0. The van der Waals surface area contributed by atoms with Crippen LogP contribution in [0.3, 0.4) is 0 Å². The molecular formula is C17H23NO2S. The lowest BCUT2D eigenvalue weighted by molar-refractivity contribution is 0.0930. The summed E-state index contributed by atoms with van der Waals surface area (Å²) in [5.41, 5.74) is 0.997. The number of hydrogen-bond donors (Lipinski definition) is 2. The summed E-state index contributed by atoms with van der Waals surface area (Å²) in [5.74, 6) is 6.82. The molecule has 0 saturated heterocycles. The number of aryl methyl sites for hydroxylation is 1. The minimum Gasteiger partial charge on any atom is -0.384 e. The molecule has 1 heterocycles. The Balaban J connectivity index is 2.04. The van der Waals surface area contributed by atoms with Gasteiger partial charge in [0, 0.05) is 6.04 Å². The van der Waals surface area contributed by atoms with Gasteiger partial charge in [0.05, 0.1) is 9.75 Å². The maximum Gasteiger partial charge on any atom is 0.261 e. The van der Waals surface area contributed by atoms with Crippen molar-refractivity contribution in [2.45, 2.75) is 46.1 Å². The molecule has 2 rings (SSSR count). The number of amides is 1. The molecule has 1 aromatic heterocycles. The Labute approximate surface area is 130 Å². The number of hydrogen-bond acceptors (Lipinski definition) is 3. The van der Waals surface area contributed by atoms with Crippen molar-refractivity contribution in [2.75, 3.05) is 6.61 Å². The van der Waals surface area contributed by atoms with Crippen LogP contribution in [0.4, 0.5) is 0 Å². The van der Waals surface area contributed by atoms with Crippen LogP contribution in [0.2, 0.25) is 0 Å². The van der Waals surface area contributed by atoms with Crippen molar-refractivity contribution in [3.63, 3.8) is 0 Å². The Morgan fingerprint density at radius 3 is 2.90 bits per heavy atom. The van der Waals surface area contributed by atoms with Crippen molar-refractivity contribution in [1.82, 2.24) is 5.32 Å². The zero-order chi connectivity index (χ0) is 15.4. The van der Waals surface area contributed by atoms with E-state index in [1.807, 2.05) is 13.0 Å². The van der Waals surface area contributed by atoms with Crippen LogP contribution in [0, 0.1) is 30.6 Å². The van der Waals surface area contributed by atoms with Gasteiger partial charge in [0.25, 0.3) is 5.91 Å². The van der Waals surface area contributed by atoms with Crippen molar-refractivity contribution in [3.05, 3.63) is 21.4 Å². The van der Waals surface area contributed by atoms with E-state index in [1.165, 1.54) is 24.2 Å². The van der Waals surface area contributed by atoms with E-state index in [-0.39, 0.29) is 18.6 Å². The third kappa shape index (κ3) is 3.66. The molecule has 3 atom stereocenters. The standard InChI is InChI=1S/C17H23NO2S/c1-4-13-7-8-14(12(13)3)18-17(20)16-10-11(2)15(21-16)6-5-9-19/h10,12-14,19H,4,7-9H2,1-3H3,(H,18,20). The first kappa shape index (κ1) is 16.1. The molecule has 0 aromatic carbocycles. The fraction of sp³-hybridized carbons (Fsp3) is 0.588. The molecule has 1 saturated carbocycles. The molecule has 3 nitrogen and oxygen atoms in total. The molecule has 1 aliphatic carbocycles. The van der Waals surface area contributed by atoms with Crippen LogP contribution in [0.5, 0.6) is 0 Å². The molecule has 1 aromatic rings. The quantitative estimate of drug-likeness (QED) is 0.844. The average molecular weight is 305 g/mol. The normalized spacial score (nSPS) is 24.5. The van der Waals surface area contributed by atoms with Gasteiger partial charge in [-0.3, -0.25) is 4.79 Å². The lowest BCUT2D eigenvalue weighted by Crippen LogP contribution is -2.37. The number of carbonyl (C=O) groups excluding carboxylic acids is 1. The maximum atomic E-state index is 12.4. The zero-order valence-electron chi connectivity index (χ0n) is 12.9. The van der Waals surface area contributed by atoms with Crippen molar-refractivity contribution in [1.29, 1.82) is 0 Å². The first-order valence-corrected chi connectivity index (χ1v) is 8.39. The van der Waals surface area contributed by atoms with E-state index in [1.54, 1.807) is 0 Å². The minimum absolute atomic E-state index is 0.00810. The average Bonchev–Trinajstić information content (AvgIpc) is 3.01. The van der Waals surface area contributed by atoms with Crippen LogP contribution < -0.4 is 5.32 Å². The summed E-state index contributed by atoms with van der Waals surface area (Å²) >= 11 is 1.40. The van der Waals surface area contributed by atoms with Gasteiger partial charge in [-0.25, -0.2) is 0 Å². The summed E-state index contributed by atoms with van der Waals surface area (Å²) in [6.07, 6.45) is 3.47. The van der Waals surface area contributed by atoms with Gasteiger partial charge in [-0.2, -0.15) is 0 Å². The summed E-state index contributed by atoms with van der Waals surface area (Å²) in [5, 5.41) is 11.9. The summed E-state index contributed by atoms with van der Waals surface area (Å²) in [6, 6.07) is 2.18. The molecule has 0 aliphatic heterocycles. The molecule has 21 heavy (non-hydrogen) atoms. The van der Waals surface area contributed by atoms with Crippen molar-refractivity contribution < 1.29 is 9.90 Å². The first-order chi connectivity index (χ1) is 10.1. The molecule has 2 N–H and O–H groups in total. The predicted octanol–water partition coefficient (Wildman–Crippen LogP) is 2.95. The molecule has 114 valence electrons. The lowest BCUT2D eigenvalue weighted by Gasteiger charge is -2.20. The van der Waals surface area contributed by atoms with Crippen LogP contribution in [-0.4, -0.2) is 23.7 Å². The number of aliphatic hydroxyl groups excluding tert-OH is 1. The summed E-state index contributed by atoms with van der Waals surface area (Å²) < 4.78 is 0. The topological polar surface area (TPSA) is 49.3 Å². The highest BCUT2D eigenvalue weighted by atomic mass is 32.1. The van der Waals surface area contributed by atoms with Crippen molar-refractivity contribution in [2.24, 2.45) is 11.8 Å². The second-order valence-corrected chi connectivity index (χ2v) is 6.82. The van der Waals surface area contributed by atoms with Crippen LogP contribution in [-0.2, 0) is 0 Å². The molecule has 1 amide bonds. The van der Waals surface area contributed by atoms with Gasteiger partial charge in [0.15, 0.2) is 0 Å². The molecule has 0 radical (unpaired) electrons. The zero-order valence-corrected chi connectivity index (χ0v) is 13.7. The fourth-order valence-corrected chi connectivity index (χ4v) is 4.06. The van der Waals surface area contributed by atoms with Gasteiger partial charge in [-0.05, 0) is 43.2 Å². The maximum absolute atomic E-state index is 12.4. The van der Waals surface area contributed by atoms with E-state index in [0.29, 0.717) is 10.8 Å².